The first-order valence-electron chi connectivity index (χ1n) is 4.83. The van der Waals surface area contributed by atoms with Crippen molar-refractivity contribution in [2.45, 2.75) is 0 Å². The third kappa shape index (κ3) is 3.28. The first-order chi connectivity index (χ1) is 8.15. The zero-order valence-corrected chi connectivity index (χ0v) is 11.0. The van der Waals surface area contributed by atoms with Crippen LogP contribution in [0.3, 0.4) is 0 Å². The fraction of sp³-hybridized carbons (Fsp3) is 0. The number of amides is 1. The number of pyridine rings is 1. The number of hydrogen-bond donors (Lipinski definition) is 1. The van der Waals surface area contributed by atoms with Gasteiger partial charge in [0, 0.05) is 21.4 Å². The van der Waals surface area contributed by atoms with Crippen LogP contribution in [0.15, 0.2) is 47.1 Å². The van der Waals surface area contributed by atoms with Crippen molar-refractivity contribution < 1.29 is 4.79 Å². The van der Waals surface area contributed by atoms with Gasteiger partial charge in [-0.2, -0.15) is 0 Å². The summed E-state index contributed by atoms with van der Waals surface area (Å²) in [4.78, 5) is 15.8. The topological polar surface area (TPSA) is 42.0 Å². The summed E-state index contributed by atoms with van der Waals surface area (Å²) in [5, 5.41) is 3.29. The lowest BCUT2D eigenvalue weighted by Gasteiger charge is -2.04. The number of nitrogens with one attached hydrogen (secondary N) is 1. The van der Waals surface area contributed by atoms with E-state index in [9.17, 15) is 4.79 Å². The fourth-order valence-electron chi connectivity index (χ4n) is 1.27. The van der Waals surface area contributed by atoms with Gasteiger partial charge in [0.15, 0.2) is 0 Å². The van der Waals surface area contributed by atoms with E-state index in [1.54, 1.807) is 42.6 Å². The van der Waals surface area contributed by atoms with E-state index in [4.69, 9.17) is 11.6 Å². The lowest BCUT2D eigenvalue weighted by atomic mass is 10.3. The number of carbonyl (C=O) groups excluding carboxylic acids is 1. The molecule has 0 radical (unpaired) electrons. The number of rotatable bonds is 2. The molecule has 0 aliphatic rings. The van der Waals surface area contributed by atoms with Crippen molar-refractivity contribution in [3.05, 3.63) is 57.8 Å². The van der Waals surface area contributed by atoms with Gasteiger partial charge in [0.25, 0.3) is 5.91 Å². The van der Waals surface area contributed by atoms with Gasteiger partial charge >= 0.3 is 0 Å². The molecule has 0 bridgehead atoms. The van der Waals surface area contributed by atoms with Crippen molar-refractivity contribution >= 4 is 39.1 Å². The number of aromatic nitrogens is 1. The molecular weight excluding hydrogens is 304 g/mol. The van der Waals surface area contributed by atoms with Crippen molar-refractivity contribution in [3.63, 3.8) is 0 Å². The van der Waals surface area contributed by atoms with E-state index in [0.717, 1.165) is 4.47 Å². The summed E-state index contributed by atoms with van der Waals surface area (Å²) in [6.45, 7) is 0. The van der Waals surface area contributed by atoms with E-state index in [1.165, 1.54) is 0 Å². The van der Waals surface area contributed by atoms with Gasteiger partial charge in [-0.15, -0.1) is 0 Å². The monoisotopic (exact) mass is 310 g/mol. The molecule has 0 aliphatic carbocycles. The summed E-state index contributed by atoms with van der Waals surface area (Å²) in [5.74, 6) is -0.264. The number of halogens is 2. The average Bonchev–Trinajstić information content (AvgIpc) is 2.29. The molecule has 2 rings (SSSR count). The molecular formula is C12H8BrClN2O. The zero-order valence-electron chi connectivity index (χ0n) is 8.65. The van der Waals surface area contributed by atoms with Crippen molar-refractivity contribution in [2.24, 2.45) is 0 Å². The van der Waals surface area contributed by atoms with E-state index in [1.807, 2.05) is 0 Å². The van der Waals surface area contributed by atoms with E-state index in [0.29, 0.717) is 16.4 Å². The minimum absolute atomic E-state index is 0.264. The molecule has 1 aromatic carbocycles. The van der Waals surface area contributed by atoms with Gasteiger partial charge in [-0.1, -0.05) is 17.7 Å². The second kappa shape index (κ2) is 5.29. The Hall–Kier alpha value is -1.39. The third-order valence-electron chi connectivity index (χ3n) is 2.04. The van der Waals surface area contributed by atoms with Crippen LogP contribution < -0.4 is 5.32 Å². The molecule has 1 amide bonds. The molecule has 86 valence electrons. The predicted octanol–water partition coefficient (Wildman–Crippen LogP) is 3.75. The smallest absolute Gasteiger partial charge is 0.274 e. The van der Waals surface area contributed by atoms with Gasteiger partial charge in [0.05, 0.1) is 0 Å². The van der Waals surface area contributed by atoms with Crippen LogP contribution >= 0.6 is 27.5 Å². The van der Waals surface area contributed by atoms with Crippen molar-refractivity contribution in [3.8, 4) is 0 Å². The van der Waals surface area contributed by atoms with E-state index in [2.05, 4.69) is 26.2 Å². The Bertz CT molecular complexity index is 542. The maximum absolute atomic E-state index is 11.8. The minimum Gasteiger partial charge on any atom is -0.321 e. The number of carbonyl (C=O) groups is 1. The highest BCUT2D eigenvalue weighted by molar-refractivity contribution is 9.10. The predicted molar refractivity (Wildman–Crippen MR) is 71.3 cm³/mol. The molecule has 0 saturated heterocycles. The van der Waals surface area contributed by atoms with Crippen molar-refractivity contribution in [1.82, 2.24) is 4.98 Å². The minimum atomic E-state index is -0.264. The third-order valence-corrected chi connectivity index (χ3v) is 2.75. The van der Waals surface area contributed by atoms with E-state index >= 15 is 0 Å². The van der Waals surface area contributed by atoms with Crippen LogP contribution in [0.4, 0.5) is 5.69 Å². The van der Waals surface area contributed by atoms with Gasteiger partial charge in [-0.25, -0.2) is 4.98 Å². The first-order valence-corrected chi connectivity index (χ1v) is 6.01. The summed E-state index contributed by atoms with van der Waals surface area (Å²) in [6.07, 6.45) is 1.58. The summed E-state index contributed by atoms with van der Waals surface area (Å²) in [5.41, 5.74) is 1.00. The lowest BCUT2D eigenvalue weighted by molar-refractivity contribution is 0.102. The molecule has 1 N–H and O–H groups in total. The highest BCUT2D eigenvalue weighted by Gasteiger charge is 2.07. The van der Waals surface area contributed by atoms with Gasteiger partial charge < -0.3 is 5.32 Å². The molecule has 5 heteroatoms. The molecule has 0 fully saturated rings. The summed E-state index contributed by atoms with van der Waals surface area (Å²) < 4.78 is 0.830. The Morgan fingerprint density at radius 1 is 1.29 bits per heavy atom. The summed E-state index contributed by atoms with van der Waals surface area (Å²) >= 11 is 9.08. The first kappa shape index (κ1) is 12.1. The Labute approximate surface area is 112 Å². The van der Waals surface area contributed by atoms with Gasteiger partial charge in [0.1, 0.15) is 5.69 Å². The summed E-state index contributed by atoms with van der Waals surface area (Å²) in [6, 6.07) is 10.4. The second-order valence-corrected chi connectivity index (χ2v) is 4.68. The Morgan fingerprint density at radius 2 is 2.12 bits per heavy atom. The molecule has 1 aromatic heterocycles. The highest BCUT2D eigenvalue weighted by atomic mass is 79.9. The average molecular weight is 312 g/mol. The van der Waals surface area contributed by atoms with Crippen LogP contribution in [0.2, 0.25) is 5.02 Å². The van der Waals surface area contributed by atoms with Gasteiger partial charge in [-0.05, 0) is 46.3 Å². The Morgan fingerprint density at radius 3 is 2.76 bits per heavy atom. The number of nitrogens with zero attached hydrogens (tertiary/aromatic N) is 1. The quantitative estimate of drug-likeness (QED) is 0.918. The number of hydrogen-bond acceptors (Lipinski definition) is 2. The number of benzene rings is 1. The van der Waals surface area contributed by atoms with Crippen LogP contribution in [0.1, 0.15) is 10.5 Å². The second-order valence-electron chi connectivity index (χ2n) is 3.33. The SMILES string of the molecule is O=C(Nc1cccc(Cl)c1)c1ccc(Br)cn1. The molecule has 0 atom stereocenters. The van der Waals surface area contributed by atoms with Crippen LogP contribution in [0.5, 0.6) is 0 Å². The molecule has 1 heterocycles. The van der Waals surface area contributed by atoms with Crippen LogP contribution in [0.25, 0.3) is 0 Å². The Kier molecular flexibility index (Phi) is 3.76. The maximum Gasteiger partial charge on any atom is 0.274 e. The maximum atomic E-state index is 11.8. The molecule has 17 heavy (non-hydrogen) atoms. The van der Waals surface area contributed by atoms with Gasteiger partial charge in [0.2, 0.25) is 0 Å². The molecule has 0 spiro atoms. The van der Waals surface area contributed by atoms with Crippen molar-refractivity contribution in [2.75, 3.05) is 5.32 Å². The standard InChI is InChI=1S/C12H8BrClN2O/c13-8-4-5-11(15-7-8)12(17)16-10-3-1-2-9(14)6-10/h1-7H,(H,16,17). The van der Waals surface area contributed by atoms with Crippen LogP contribution in [-0.2, 0) is 0 Å². The van der Waals surface area contributed by atoms with E-state index in [-0.39, 0.29) is 5.91 Å². The Balaban J connectivity index is 2.14. The van der Waals surface area contributed by atoms with E-state index < -0.39 is 0 Å². The van der Waals surface area contributed by atoms with Crippen LogP contribution in [0, 0.1) is 0 Å². The molecule has 3 nitrogen and oxygen atoms in total. The van der Waals surface area contributed by atoms with Crippen LogP contribution in [-0.4, -0.2) is 10.9 Å². The molecule has 0 unspecified atom stereocenters. The zero-order chi connectivity index (χ0) is 12.3. The largest absolute Gasteiger partial charge is 0.321 e. The normalized spacial score (nSPS) is 10.0. The lowest BCUT2D eigenvalue weighted by Crippen LogP contribution is -2.13. The fourth-order valence-corrected chi connectivity index (χ4v) is 1.70. The molecule has 2 aromatic rings. The summed E-state index contributed by atoms with van der Waals surface area (Å²) in [7, 11) is 0. The molecule has 0 aliphatic heterocycles. The van der Waals surface area contributed by atoms with Crippen molar-refractivity contribution in [1.29, 1.82) is 0 Å². The molecule has 0 saturated carbocycles. The highest BCUT2D eigenvalue weighted by Crippen LogP contribution is 2.16. The van der Waals surface area contributed by atoms with Gasteiger partial charge in [-0.3, -0.25) is 4.79 Å². The number of anilines is 1.